The van der Waals surface area contributed by atoms with Gasteiger partial charge in [0, 0.05) is 11.8 Å². The van der Waals surface area contributed by atoms with E-state index in [-0.39, 0.29) is 6.10 Å². The second-order valence-electron chi connectivity index (χ2n) is 6.89. The molecule has 0 aliphatic heterocycles. The number of para-hydroxylation sites is 1. The van der Waals surface area contributed by atoms with E-state index in [0.29, 0.717) is 21.6 Å². The Balaban J connectivity index is 1.60. The molecule has 0 saturated heterocycles. The van der Waals surface area contributed by atoms with Gasteiger partial charge in [-0.1, -0.05) is 42.5 Å². The van der Waals surface area contributed by atoms with Crippen LogP contribution >= 0.6 is 11.3 Å². The predicted octanol–water partition coefficient (Wildman–Crippen LogP) is 5.31. The van der Waals surface area contributed by atoms with Gasteiger partial charge in [-0.2, -0.15) is 4.98 Å². The van der Waals surface area contributed by atoms with E-state index < -0.39 is 5.97 Å². The third kappa shape index (κ3) is 4.59. The van der Waals surface area contributed by atoms with Crippen LogP contribution in [0.25, 0.3) is 5.00 Å². The number of nitrogens with one attached hydrogen (secondary N) is 1. The molecular formula is C23H22N4O3S. The molecule has 8 heteroatoms. The van der Waals surface area contributed by atoms with Crippen molar-refractivity contribution in [3.63, 3.8) is 0 Å². The number of nitrogens with zero attached hydrogens (tertiary/aromatic N) is 3. The minimum Gasteiger partial charge on any atom is -0.484 e. The van der Waals surface area contributed by atoms with E-state index in [1.807, 2.05) is 68.4 Å². The Labute approximate surface area is 184 Å². The molecule has 0 saturated carbocycles. The second-order valence-corrected chi connectivity index (χ2v) is 7.92. The van der Waals surface area contributed by atoms with Gasteiger partial charge >= 0.3 is 5.97 Å². The normalized spacial score (nSPS) is 11.7. The lowest BCUT2D eigenvalue weighted by molar-refractivity contribution is 0.0600. The van der Waals surface area contributed by atoms with Crippen molar-refractivity contribution in [2.24, 2.45) is 0 Å². The molecule has 0 radical (unpaired) electrons. The summed E-state index contributed by atoms with van der Waals surface area (Å²) >= 11 is 1.24. The Hall–Kier alpha value is -3.65. The highest BCUT2D eigenvalue weighted by Gasteiger charge is 2.22. The largest absolute Gasteiger partial charge is 0.484 e. The molecule has 1 N–H and O–H groups in total. The molecule has 158 valence electrons. The Morgan fingerprint density at radius 2 is 1.87 bits per heavy atom. The highest BCUT2D eigenvalue weighted by molar-refractivity contribution is 7.16. The summed E-state index contributed by atoms with van der Waals surface area (Å²) in [5, 5.41) is 8.31. The molecule has 0 fully saturated rings. The van der Waals surface area contributed by atoms with Crippen LogP contribution in [0.4, 0.5) is 11.6 Å². The standard InChI is InChI=1S/C23H22N4O3S/c1-15-9-7-8-12-18(15)16(2)30-19-13-20(31-21(19)22(28)29-3)27-14-24-23(26-27)25-17-10-5-4-6-11-17/h4-14,16H,1-3H3,(H,25,26). The number of benzene rings is 2. The molecule has 0 spiro atoms. The number of hydrogen-bond acceptors (Lipinski definition) is 7. The lowest BCUT2D eigenvalue weighted by atomic mass is 10.0. The Bertz CT molecular complexity index is 1190. The van der Waals surface area contributed by atoms with Crippen LogP contribution in [0.1, 0.15) is 33.8 Å². The van der Waals surface area contributed by atoms with Crippen LogP contribution in [0.15, 0.2) is 67.0 Å². The van der Waals surface area contributed by atoms with E-state index in [4.69, 9.17) is 9.47 Å². The molecule has 2 aromatic carbocycles. The average molecular weight is 435 g/mol. The number of carbonyl (C=O) groups excluding carboxylic acids is 1. The van der Waals surface area contributed by atoms with Gasteiger partial charge in [-0.25, -0.2) is 9.48 Å². The highest BCUT2D eigenvalue weighted by atomic mass is 32.1. The number of hydrogen-bond donors (Lipinski definition) is 1. The van der Waals surface area contributed by atoms with Crippen molar-refractivity contribution < 1.29 is 14.3 Å². The predicted molar refractivity (Wildman–Crippen MR) is 121 cm³/mol. The first-order chi connectivity index (χ1) is 15.0. The summed E-state index contributed by atoms with van der Waals surface area (Å²) in [5.74, 6) is 0.455. The van der Waals surface area contributed by atoms with Crippen LogP contribution in [-0.2, 0) is 4.74 Å². The van der Waals surface area contributed by atoms with E-state index in [2.05, 4.69) is 15.4 Å². The fraction of sp³-hybridized carbons (Fsp3) is 0.174. The lowest BCUT2D eigenvalue weighted by Gasteiger charge is -2.16. The SMILES string of the molecule is COC(=O)c1sc(-n2cnc(Nc3ccccc3)n2)cc1OC(C)c1ccccc1C. The van der Waals surface area contributed by atoms with Gasteiger partial charge < -0.3 is 14.8 Å². The molecular weight excluding hydrogens is 412 g/mol. The van der Waals surface area contributed by atoms with Crippen molar-refractivity contribution in [1.82, 2.24) is 14.8 Å². The van der Waals surface area contributed by atoms with E-state index in [9.17, 15) is 4.79 Å². The van der Waals surface area contributed by atoms with Crippen LogP contribution in [-0.4, -0.2) is 27.8 Å². The number of aromatic nitrogens is 3. The lowest BCUT2D eigenvalue weighted by Crippen LogP contribution is -2.07. The maximum Gasteiger partial charge on any atom is 0.351 e. The zero-order chi connectivity index (χ0) is 21.8. The summed E-state index contributed by atoms with van der Waals surface area (Å²) in [6.45, 7) is 3.99. The first-order valence-corrected chi connectivity index (χ1v) is 10.5. The molecule has 0 bridgehead atoms. The van der Waals surface area contributed by atoms with Crippen LogP contribution in [0.2, 0.25) is 0 Å². The van der Waals surface area contributed by atoms with Gasteiger partial charge in [0.25, 0.3) is 0 Å². The maximum absolute atomic E-state index is 12.4. The van der Waals surface area contributed by atoms with Crippen LogP contribution in [0, 0.1) is 6.92 Å². The van der Waals surface area contributed by atoms with Crippen LogP contribution in [0.5, 0.6) is 5.75 Å². The maximum atomic E-state index is 12.4. The van der Waals surface area contributed by atoms with Crippen molar-refractivity contribution in [2.45, 2.75) is 20.0 Å². The third-order valence-electron chi connectivity index (χ3n) is 4.73. The summed E-state index contributed by atoms with van der Waals surface area (Å²) < 4.78 is 12.7. The highest BCUT2D eigenvalue weighted by Crippen LogP contribution is 2.35. The Morgan fingerprint density at radius 1 is 1.13 bits per heavy atom. The first-order valence-electron chi connectivity index (χ1n) is 9.73. The first kappa shape index (κ1) is 20.6. The summed E-state index contributed by atoms with van der Waals surface area (Å²) in [5.41, 5.74) is 3.07. The number of aryl methyl sites for hydroxylation is 1. The summed E-state index contributed by atoms with van der Waals surface area (Å²) in [6.07, 6.45) is 1.35. The number of rotatable bonds is 7. The van der Waals surface area contributed by atoms with Gasteiger partial charge in [0.05, 0.1) is 7.11 Å². The second kappa shape index (κ2) is 9.01. The number of methoxy groups -OCH3 is 1. The van der Waals surface area contributed by atoms with E-state index in [1.54, 1.807) is 17.1 Å². The number of esters is 1. The molecule has 1 unspecified atom stereocenters. The van der Waals surface area contributed by atoms with E-state index in [0.717, 1.165) is 16.8 Å². The van der Waals surface area contributed by atoms with Gasteiger partial charge in [0.2, 0.25) is 5.95 Å². The van der Waals surface area contributed by atoms with Gasteiger partial charge in [0.1, 0.15) is 23.2 Å². The van der Waals surface area contributed by atoms with Gasteiger partial charge in [-0.3, -0.25) is 0 Å². The van der Waals surface area contributed by atoms with Gasteiger partial charge in [0.15, 0.2) is 4.88 Å². The topological polar surface area (TPSA) is 78.3 Å². The zero-order valence-electron chi connectivity index (χ0n) is 17.4. The molecule has 4 rings (SSSR count). The van der Waals surface area contributed by atoms with Crippen molar-refractivity contribution in [2.75, 3.05) is 12.4 Å². The molecule has 0 aliphatic rings. The van der Waals surface area contributed by atoms with E-state index >= 15 is 0 Å². The van der Waals surface area contributed by atoms with Crippen molar-refractivity contribution >= 4 is 28.9 Å². The van der Waals surface area contributed by atoms with Crippen LogP contribution < -0.4 is 10.1 Å². The van der Waals surface area contributed by atoms with Crippen LogP contribution in [0.3, 0.4) is 0 Å². The molecule has 2 heterocycles. The van der Waals surface area contributed by atoms with E-state index in [1.165, 1.54) is 18.4 Å². The Kier molecular flexibility index (Phi) is 5.99. The quantitative estimate of drug-likeness (QED) is 0.397. The smallest absolute Gasteiger partial charge is 0.351 e. The molecule has 4 aromatic rings. The van der Waals surface area contributed by atoms with Crippen molar-refractivity contribution in [3.8, 4) is 10.8 Å². The summed E-state index contributed by atoms with van der Waals surface area (Å²) in [4.78, 5) is 17.0. The monoisotopic (exact) mass is 434 g/mol. The zero-order valence-corrected chi connectivity index (χ0v) is 18.2. The average Bonchev–Trinajstić information content (AvgIpc) is 3.41. The summed E-state index contributed by atoms with van der Waals surface area (Å²) in [6, 6.07) is 19.5. The number of ether oxygens (including phenoxy) is 2. The fourth-order valence-corrected chi connectivity index (χ4v) is 4.10. The van der Waals surface area contributed by atoms with Gasteiger partial charge in [-0.15, -0.1) is 16.4 Å². The van der Waals surface area contributed by atoms with Crippen molar-refractivity contribution in [3.05, 3.63) is 83.0 Å². The number of thiophene rings is 1. The molecule has 2 aromatic heterocycles. The minimum atomic E-state index is -0.453. The fourth-order valence-electron chi connectivity index (χ4n) is 3.17. The Morgan fingerprint density at radius 3 is 2.61 bits per heavy atom. The third-order valence-corrected chi connectivity index (χ3v) is 5.82. The summed E-state index contributed by atoms with van der Waals surface area (Å²) in [7, 11) is 1.35. The molecule has 1 atom stereocenters. The minimum absolute atomic E-state index is 0.238. The molecule has 0 amide bonds. The molecule has 7 nitrogen and oxygen atoms in total. The molecule has 0 aliphatic carbocycles. The van der Waals surface area contributed by atoms with Crippen molar-refractivity contribution in [1.29, 1.82) is 0 Å². The van der Waals surface area contributed by atoms with Gasteiger partial charge in [-0.05, 0) is 37.1 Å². The number of carbonyl (C=O) groups is 1. The molecule has 31 heavy (non-hydrogen) atoms. The number of anilines is 2.